The zero-order valence-electron chi connectivity index (χ0n) is 9.97. The third kappa shape index (κ3) is 2.40. The lowest BCUT2D eigenvalue weighted by atomic mass is 10.2. The van der Waals surface area contributed by atoms with Crippen LogP contribution in [0.25, 0.3) is 0 Å². The Bertz CT molecular complexity index is 552. The van der Waals surface area contributed by atoms with Gasteiger partial charge in [0.25, 0.3) is 0 Å². The second kappa shape index (κ2) is 5.44. The number of aromatic nitrogens is 2. The van der Waals surface area contributed by atoms with Gasteiger partial charge in [-0.2, -0.15) is 0 Å². The molecule has 0 spiro atoms. The van der Waals surface area contributed by atoms with Crippen LogP contribution in [0.15, 0.2) is 30.7 Å². The molecule has 0 saturated carbocycles. The van der Waals surface area contributed by atoms with Gasteiger partial charge in [-0.3, -0.25) is 4.79 Å². The number of nitrogens with zero attached hydrogens (tertiary/aromatic N) is 2. The van der Waals surface area contributed by atoms with Crippen LogP contribution in [0.1, 0.15) is 23.0 Å². The number of carbonyl (C=O) groups excluding carboxylic acids is 1. The number of aryl methyl sites for hydroxylation is 1. The van der Waals surface area contributed by atoms with Gasteiger partial charge in [-0.15, -0.1) is 0 Å². The summed E-state index contributed by atoms with van der Waals surface area (Å²) in [4.78, 5) is 14.8. The molecule has 0 bridgehead atoms. The lowest BCUT2D eigenvalue weighted by Gasteiger charge is -2.10. The summed E-state index contributed by atoms with van der Waals surface area (Å²) >= 11 is 0. The van der Waals surface area contributed by atoms with Crippen LogP contribution >= 0.6 is 0 Å². The molecular weight excluding hydrogens is 235 g/mol. The first-order chi connectivity index (χ1) is 8.76. The summed E-state index contributed by atoms with van der Waals surface area (Å²) in [7, 11) is 0. The van der Waals surface area contributed by atoms with Gasteiger partial charge >= 0.3 is 0 Å². The Hall–Kier alpha value is -2.17. The maximum absolute atomic E-state index is 13.5. The fourth-order valence-electron chi connectivity index (χ4n) is 1.67. The molecule has 1 aromatic carbocycles. The largest absolute Gasteiger partial charge is 0.483 e. The Kier molecular flexibility index (Phi) is 3.72. The van der Waals surface area contributed by atoms with E-state index in [1.807, 2.05) is 11.5 Å². The topological polar surface area (TPSA) is 44.1 Å². The molecule has 0 aliphatic rings. The number of hydrogen-bond acceptors (Lipinski definition) is 3. The minimum absolute atomic E-state index is 0.0173. The molecule has 0 aliphatic carbocycles. The molecule has 0 fully saturated rings. The van der Waals surface area contributed by atoms with E-state index in [0.717, 1.165) is 12.2 Å². The molecule has 94 valence electrons. The van der Waals surface area contributed by atoms with Gasteiger partial charge in [0, 0.05) is 6.54 Å². The van der Waals surface area contributed by atoms with Crippen LogP contribution in [0, 0.1) is 5.82 Å². The van der Waals surface area contributed by atoms with Crippen LogP contribution < -0.4 is 4.74 Å². The third-order valence-electron chi connectivity index (χ3n) is 2.63. The Labute approximate surface area is 104 Å². The minimum Gasteiger partial charge on any atom is -0.483 e. The van der Waals surface area contributed by atoms with Gasteiger partial charge in [0.05, 0.1) is 23.8 Å². The van der Waals surface area contributed by atoms with Crippen molar-refractivity contribution in [3.05, 3.63) is 47.8 Å². The smallest absolute Gasteiger partial charge is 0.166 e. The molecule has 2 aromatic rings. The summed E-state index contributed by atoms with van der Waals surface area (Å²) < 4.78 is 20.8. The predicted octanol–water partition coefficient (Wildman–Crippen LogP) is 2.43. The molecule has 5 heteroatoms. The molecule has 4 nitrogen and oxygen atoms in total. The normalized spacial score (nSPS) is 10.3. The number of halogens is 1. The maximum atomic E-state index is 13.5. The lowest BCUT2D eigenvalue weighted by molar-refractivity contribution is 0.111. The molecule has 0 N–H and O–H groups in total. The van der Waals surface area contributed by atoms with Crippen LogP contribution in [-0.2, 0) is 13.2 Å². The van der Waals surface area contributed by atoms with Crippen molar-refractivity contribution in [3.8, 4) is 5.75 Å². The van der Waals surface area contributed by atoms with E-state index in [1.54, 1.807) is 12.5 Å². The van der Waals surface area contributed by atoms with Gasteiger partial charge in [-0.1, -0.05) is 6.07 Å². The Morgan fingerprint density at radius 2 is 2.33 bits per heavy atom. The Morgan fingerprint density at radius 1 is 1.50 bits per heavy atom. The second-order valence-electron chi connectivity index (χ2n) is 3.74. The molecular formula is C13H13FN2O2. The number of benzene rings is 1. The highest BCUT2D eigenvalue weighted by Crippen LogP contribution is 2.22. The molecule has 2 rings (SSSR count). The summed E-state index contributed by atoms with van der Waals surface area (Å²) in [5.74, 6) is -0.557. The van der Waals surface area contributed by atoms with Gasteiger partial charge in [-0.25, -0.2) is 9.37 Å². The van der Waals surface area contributed by atoms with Gasteiger partial charge in [-0.05, 0) is 19.1 Å². The van der Waals surface area contributed by atoms with Crippen molar-refractivity contribution >= 4 is 6.29 Å². The molecule has 0 saturated heterocycles. The van der Waals surface area contributed by atoms with Gasteiger partial charge in [0.1, 0.15) is 6.61 Å². The van der Waals surface area contributed by atoms with E-state index in [0.29, 0.717) is 6.29 Å². The van der Waals surface area contributed by atoms with E-state index in [1.165, 1.54) is 18.2 Å². The summed E-state index contributed by atoms with van der Waals surface area (Å²) in [5, 5.41) is 0. The summed E-state index contributed by atoms with van der Waals surface area (Å²) in [5.41, 5.74) is 1.04. The Balaban J connectivity index is 2.18. The highest BCUT2D eigenvalue weighted by molar-refractivity contribution is 5.79. The number of para-hydroxylation sites is 1. The van der Waals surface area contributed by atoms with Crippen molar-refractivity contribution in [3.63, 3.8) is 0 Å². The summed E-state index contributed by atoms with van der Waals surface area (Å²) in [6.45, 7) is 2.91. The standard InChI is InChI=1S/C13H13FN2O2/c1-2-16-9-15-6-11(16)8-18-13-10(7-17)4-3-5-12(13)14/h3-7,9H,2,8H2,1H3. The van der Waals surface area contributed by atoms with E-state index in [2.05, 4.69) is 4.98 Å². The molecule has 0 atom stereocenters. The third-order valence-corrected chi connectivity index (χ3v) is 2.63. The number of ether oxygens (including phenoxy) is 1. The van der Waals surface area contributed by atoms with Crippen LogP contribution in [-0.4, -0.2) is 15.8 Å². The Morgan fingerprint density at radius 3 is 3.06 bits per heavy atom. The zero-order chi connectivity index (χ0) is 13.0. The van der Waals surface area contributed by atoms with Crippen LogP contribution in [0.5, 0.6) is 5.75 Å². The van der Waals surface area contributed by atoms with Crippen LogP contribution in [0.2, 0.25) is 0 Å². The highest BCUT2D eigenvalue weighted by Gasteiger charge is 2.10. The summed E-state index contributed by atoms with van der Waals surface area (Å²) in [6, 6.07) is 4.25. The van der Waals surface area contributed by atoms with Gasteiger partial charge in [0.2, 0.25) is 0 Å². The molecule has 0 amide bonds. The molecule has 1 heterocycles. The predicted molar refractivity (Wildman–Crippen MR) is 64.0 cm³/mol. The first-order valence-corrected chi connectivity index (χ1v) is 5.61. The highest BCUT2D eigenvalue weighted by atomic mass is 19.1. The number of carbonyl (C=O) groups is 1. The first kappa shape index (κ1) is 12.3. The number of aldehydes is 1. The van der Waals surface area contributed by atoms with Crippen molar-refractivity contribution in [1.29, 1.82) is 0 Å². The maximum Gasteiger partial charge on any atom is 0.166 e. The van der Waals surface area contributed by atoms with Crippen LogP contribution in [0.4, 0.5) is 4.39 Å². The molecule has 1 aromatic heterocycles. The second-order valence-corrected chi connectivity index (χ2v) is 3.74. The SMILES string of the molecule is CCn1cncc1COc1c(F)cccc1C=O. The molecule has 18 heavy (non-hydrogen) atoms. The van der Waals surface area contributed by atoms with Crippen molar-refractivity contribution in [2.45, 2.75) is 20.1 Å². The van der Waals surface area contributed by atoms with Crippen molar-refractivity contribution in [2.24, 2.45) is 0 Å². The van der Waals surface area contributed by atoms with E-state index in [9.17, 15) is 9.18 Å². The average molecular weight is 248 g/mol. The minimum atomic E-state index is -0.540. The number of rotatable bonds is 5. The van der Waals surface area contributed by atoms with Gasteiger partial charge in [0.15, 0.2) is 17.9 Å². The zero-order valence-corrected chi connectivity index (χ0v) is 9.97. The number of hydrogen-bond donors (Lipinski definition) is 0. The first-order valence-electron chi connectivity index (χ1n) is 5.61. The van der Waals surface area contributed by atoms with E-state index < -0.39 is 5.82 Å². The molecule has 0 aliphatic heterocycles. The fraction of sp³-hybridized carbons (Fsp3) is 0.231. The van der Waals surface area contributed by atoms with E-state index in [-0.39, 0.29) is 17.9 Å². The molecule has 0 unspecified atom stereocenters. The van der Waals surface area contributed by atoms with Gasteiger partial charge < -0.3 is 9.30 Å². The van der Waals surface area contributed by atoms with E-state index in [4.69, 9.17) is 4.74 Å². The van der Waals surface area contributed by atoms with Crippen molar-refractivity contribution in [1.82, 2.24) is 9.55 Å². The average Bonchev–Trinajstić information content (AvgIpc) is 2.84. The van der Waals surface area contributed by atoms with Crippen LogP contribution in [0.3, 0.4) is 0 Å². The monoisotopic (exact) mass is 248 g/mol. The molecule has 0 radical (unpaired) electrons. The van der Waals surface area contributed by atoms with Crippen molar-refractivity contribution in [2.75, 3.05) is 0 Å². The quantitative estimate of drug-likeness (QED) is 0.763. The fourth-order valence-corrected chi connectivity index (χ4v) is 1.67. The van der Waals surface area contributed by atoms with E-state index >= 15 is 0 Å². The summed E-state index contributed by atoms with van der Waals surface area (Å²) in [6.07, 6.45) is 3.92. The number of imidazole rings is 1. The van der Waals surface area contributed by atoms with Crippen molar-refractivity contribution < 1.29 is 13.9 Å². The lowest BCUT2D eigenvalue weighted by Crippen LogP contribution is -2.05.